The molecular formula is C12H10NO4S-. The molecule has 0 heterocycles. The van der Waals surface area contributed by atoms with Gasteiger partial charge in [-0.1, -0.05) is 36.4 Å². The number of carboxylic acids is 1. The van der Waals surface area contributed by atoms with Gasteiger partial charge < -0.3 is 9.90 Å². The summed E-state index contributed by atoms with van der Waals surface area (Å²) in [5.41, 5.74) is -0.144. The third kappa shape index (κ3) is 2.43. The molecule has 0 aliphatic heterocycles. The van der Waals surface area contributed by atoms with Crippen LogP contribution in [0, 0.1) is 0 Å². The summed E-state index contributed by atoms with van der Waals surface area (Å²) in [4.78, 5) is 11.0. The highest BCUT2D eigenvalue weighted by molar-refractivity contribution is 7.92. The molecule has 0 amide bonds. The van der Waals surface area contributed by atoms with Gasteiger partial charge in [-0.2, -0.15) is 0 Å². The van der Waals surface area contributed by atoms with Crippen LogP contribution in [-0.4, -0.2) is 20.6 Å². The van der Waals surface area contributed by atoms with Crippen LogP contribution >= 0.6 is 0 Å². The lowest BCUT2D eigenvalue weighted by Gasteiger charge is -2.14. The van der Waals surface area contributed by atoms with E-state index in [2.05, 4.69) is 4.72 Å². The normalized spacial score (nSPS) is 11.4. The first-order valence-electron chi connectivity index (χ1n) is 5.09. The summed E-state index contributed by atoms with van der Waals surface area (Å²) < 4.78 is 24.8. The Hall–Kier alpha value is -2.08. The van der Waals surface area contributed by atoms with E-state index in [9.17, 15) is 18.3 Å². The summed E-state index contributed by atoms with van der Waals surface area (Å²) in [5.74, 6) is -1.42. The standard InChI is InChI=1S/C12H11NO4S/c1-18(16,17)13-11-9-5-3-2-4-8(9)6-7-10(11)12(14)15/h2-7,13H,1H3,(H,14,15)/p-1. The Labute approximate surface area is 104 Å². The molecule has 0 aliphatic carbocycles. The maximum Gasteiger partial charge on any atom is 0.229 e. The molecule has 18 heavy (non-hydrogen) atoms. The number of rotatable bonds is 3. The monoisotopic (exact) mass is 264 g/mol. The van der Waals surface area contributed by atoms with E-state index in [1.807, 2.05) is 0 Å². The number of carbonyl (C=O) groups is 1. The molecule has 2 rings (SSSR count). The highest BCUT2D eigenvalue weighted by Crippen LogP contribution is 2.27. The van der Waals surface area contributed by atoms with Crippen LogP contribution in [-0.2, 0) is 10.0 Å². The van der Waals surface area contributed by atoms with Gasteiger partial charge in [0.1, 0.15) is 0 Å². The van der Waals surface area contributed by atoms with Gasteiger partial charge in [0.15, 0.2) is 0 Å². The predicted molar refractivity (Wildman–Crippen MR) is 66.7 cm³/mol. The van der Waals surface area contributed by atoms with Crippen LogP contribution in [0.5, 0.6) is 0 Å². The zero-order valence-corrected chi connectivity index (χ0v) is 10.3. The van der Waals surface area contributed by atoms with Crippen LogP contribution in [0.3, 0.4) is 0 Å². The lowest BCUT2D eigenvalue weighted by Crippen LogP contribution is -2.24. The van der Waals surface area contributed by atoms with Crippen LogP contribution in [0.25, 0.3) is 10.8 Å². The minimum atomic E-state index is -3.57. The second-order valence-electron chi connectivity index (χ2n) is 3.87. The second-order valence-corrected chi connectivity index (χ2v) is 5.62. The van der Waals surface area contributed by atoms with Crippen LogP contribution in [0.4, 0.5) is 5.69 Å². The Morgan fingerprint density at radius 2 is 1.83 bits per heavy atom. The molecule has 0 saturated heterocycles. The van der Waals surface area contributed by atoms with Gasteiger partial charge in [0.2, 0.25) is 10.0 Å². The number of aromatic carboxylic acids is 1. The smallest absolute Gasteiger partial charge is 0.229 e. The number of hydrogen-bond acceptors (Lipinski definition) is 4. The average molecular weight is 264 g/mol. The third-order valence-electron chi connectivity index (χ3n) is 2.44. The molecule has 0 saturated carbocycles. The maximum atomic E-state index is 11.3. The number of sulfonamides is 1. The first-order chi connectivity index (χ1) is 8.38. The number of nitrogens with one attached hydrogen (secondary N) is 1. The molecule has 1 N–H and O–H groups in total. The molecule has 94 valence electrons. The van der Waals surface area contributed by atoms with Crippen molar-refractivity contribution in [3.05, 3.63) is 42.0 Å². The van der Waals surface area contributed by atoms with E-state index < -0.39 is 16.0 Å². The van der Waals surface area contributed by atoms with Gasteiger partial charge in [0.05, 0.1) is 17.9 Å². The van der Waals surface area contributed by atoms with Gasteiger partial charge in [-0.15, -0.1) is 0 Å². The Balaban J connectivity index is 2.78. The summed E-state index contributed by atoms with van der Waals surface area (Å²) in [6.07, 6.45) is 0.966. The minimum absolute atomic E-state index is 0.0376. The van der Waals surface area contributed by atoms with E-state index in [1.165, 1.54) is 6.07 Å². The van der Waals surface area contributed by atoms with E-state index in [0.717, 1.165) is 11.6 Å². The van der Waals surface area contributed by atoms with Crippen LogP contribution in [0.15, 0.2) is 36.4 Å². The fourth-order valence-corrected chi connectivity index (χ4v) is 2.33. The summed E-state index contributed by atoms with van der Waals surface area (Å²) in [5, 5.41) is 12.3. The fraction of sp³-hybridized carbons (Fsp3) is 0.0833. The molecule has 2 aromatic rings. The number of hydrogen-bond donors (Lipinski definition) is 1. The molecule has 2 aromatic carbocycles. The Bertz CT molecular complexity index is 722. The lowest BCUT2D eigenvalue weighted by molar-refractivity contribution is -0.254. The number of anilines is 1. The van der Waals surface area contributed by atoms with Crippen LogP contribution in [0.1, 0.15) is 10.4 Å². The second kappa shape index (κ2) is 4.30. The van der Waals surface area contributed by atoms with Gasteiger partial charge in [0.25, 0.3) is 0 Å². The van der Waals surface area contributed by atoms with Crippen molar-refractivity contribution in [2.24, 2.45) is 0 Å². The van der Waals surface area contributed by atoms with Gasteiger partial charge in [-0.3, -0.25) is 4.72 Å². The van der Waals surface area contributed by atoms with Crippen molar-refractivity contribution in [1.29, 1.82) is 0 Å². The van der Waals surface area contributed by atoms with E-state index >= 15 is 0 Å². The summed E-state index contributed by atoms with van der Waals surface area (Å²) >= 11 is 0. The lowest BCUT2D eigenvalue weighted by atomic mass is 10.0. The summed E-state index contributed by atoms with van der Waals surface area (Å²) in [6.45, 7) is 0. The van der Waals surface area contributed by atoms with Crippen molar-refractivity contribution in [3.63, 3.8) is 0 Å². The fourth-order valence-electron chi connectivity index (χ4n) is 1.74. The van der Waals surface area contributed by atoms with Gasteiger partial charge in [-0.05, 0) is 5.39 Å². The SMILES string of the molecule is CS(=O)(=O)Nc1c(C(=O)[O-])ccc2ccccc12. The molecule has 0 unspecified atom stereocenters. The van der Waals surface area contributed by atoms with Gasteiger partial charge in [-0.25, -0.2) is 8.42 Å². The van der Waals surface area contributed by atoms with Gasteiger partial charge >= 0.3 is 0 Å². The molecule has 0 atom stereocenters. The first kappa shape index (κ1) is 12.4. The molecule has 0 aliphatic rings. The predicted octanol–water partition coefficient (Wildman–Crippen LogP) is 0.575. The molecule has 6 heteroatoms. The number of benzene rings is 2. The number of carbonyl (C=O) groups excluding carboxylic acids is 1. The largest absolute Gasteiger partial charge is 0.545 e. The Morgan fingerprint density at radius 3 is 2.44 bits per heavy atom. The highest BCUT2D eigenvalue weighted by Gasteiger charge is 2.12. The first-order valence-corrected chi connectivity index (χ1v) is 6.98. The summed E-state index contributed by atoms with van der Waals surface area (Å²) in [6, 6.07) is 9.83. The van der Waals surface area contributed by atoms with E-state index in [4.69, 9.17) is 0 Å². The van der Waals surface area contributed by atoms with E-state index in [-0.39, 0.29) is 11.3 Å². The van der Waals surface area contributed by atoms with E-state index in [0.29, 0.717) is 5.39 Å². The minimum Gasteiger partial charge on any atom is -0.545 e. The van der Waals surface area contributed by atoms with Crippen LogP contribution < -0.4 is 9.83 Å². The molecule has 0 aromatic heterocycles. The Kier molecular flexibility index (Phi) is 2.96. The maximum absolute atomic E-state index is 11.3. The molecule has 0 fully saturated rings. The molecule has 5 nitrogen and oxygen atoms in total. The quantitative estimate of drug-likeness (QED) is 0.878. The third-order valence-corrected chi connectivity index (χ3v) is 3.01. The van der Waals surface area contributed by atoms with E-state index in [1.54, 1.807) is 30.3 Å². The van der Waals surface area contributed by atoms with Crippen molar-refractivity contribution in [2.45, 2.75) is 0 Å². The van der Waals surface area contributed by atoms with Crippen molar-refractivity contribution in [1.82, 2.24) is 0 Å². The molecular weight excluding hydrogens is 254 g/mol. The zero-order chi connectivity index (χ0) is 13.3. The molecule has 0 bridgehead atoms. The molecule has 0 spiro atoms. The van der Waals surface area contributed by atoms with Crippen molar-refractivity contribution < 1.29 is 18.3 Å². The number of fused-ring (bicyclic) bond motifs is 1. The average Bonchev–Trinajstić information content (AvgIpc) is 2.27. The van der Waals surface area contributed by atoms with Gasteiger partial charge in [0, 0.05) is 10.9 Å². The number of carboxylic acid groups (broad SMARTS) is 1. The highest BCUT2D eigenvalue weighted by atomic mass is 32.2. The topological polar surface area (TPSA) is 86.3 Å². The zero-order valence-electron chi connectivity index (χ0n) is 9.51. The van der Waals surface area contributed by atoms with Crippen molar-refractivity contribution in [3.8, 4) is 0 Å². The van der Waals surface area contributed by atoms with Crippen molar-refractivity contribution >= 4 is 32.5 Å². The van der Waals surface area contributed by atoms with Crippen LogP contribution in [0.2, 0.25) is 0 Å². The van der Waals surface area contributed by atoms with Crippen molar-refractivity contribution in [2.75, 3.05) is 11.0 Å². The summed E-state index contributed by atoms with van der Waals surface area (Å²) in [7, 11) is -3.57. The molecule has 0 radical (unpaired) electrons. The Morgan fingerprint density at radius 1 is 1.17 bits per heavy atom.